The molecule has 1 aromatic rings. The molecular formula is C10H14N2O4. The molecule has 1 amide bonds. The summed E-state index contributed by atoms with van der Waals surface area (Å²) in [5.41, 5.74) is -0.276. The predicted octanol–water partition coefficient (Wildman–Crippen LogP) is 1.44. The molecule has 1 N–H and O–H groups in total. The van der Waals surface area contributed by atoms with E-state index in [1.54, 1.807) is 20.8 Å². The smallest absolute Gasteiger partial charge is 0.408 e. The second kappa shape index (κ2) is 4.78. The topological polar surface area (TPSA) is 81.4 Å². The Kier molecular flexibility index (Phi) is 3.65. The lowest BCUT2D eigenvalue weighted by molar-refractivity contribution is -0.109. The summed E-state index contributed by atoms with van der Waals surface area (Å²) < 4.78 is 9.58. The quantitative estimate of drug-likeness (QED) is 0.788. The number of amides is 1. The molecule has 1 aromatic heterocycles. The van der Waals surface area contributed by atoms with Gasteiger partial charge in [-0.05, 0) is 20.8 Å². The third kappa shape index (κ3) is 3.72. The summed E-state index contributed by atoms with van der Waals surface area (Å²) >= 11 is 0. The second-order valence-corrected chi connectivity index (χ2v) is 4.18. The van der Waals surface area contributed by atoms with Crippen molar-refractivity contribution in [1.29, 1.82) is 0 Å². The maximum Gasteiger partial charge on any atom is 0.408 e. The number of carbonyl (C=O) groups is 2. The fourth-order valence-corrected chi connectivity index (χ4v) is 0.995. The molecule has 1 rings (SSSR count). The van der Waals surface area contributed by atoms with Crippen LogP contribution in [0.1, 0.15) is 32.5 Å². The normalized spacial score (nSPS) is 12.9. The van der Waals surface area contributed by atoms with E-state index in [4.69, 9.17) is 4.74 Å². The maximum atomic E-state index is 11.4. The molecule has 1 heterocycles. The Balaban J connectivity index is 2.58. The highest BCUT2D eigenvalue weighted by Crippen LogP contribution is 2.10. The van der Waals surface area contributed by atoms with Crippen molar-refractivity contribution in [3.05, 3.63) is 18.0 Å². The van der Waals surface area contributed by atoms with Crippen molar-refractivity contribution in [1.82, 2.24) is 10.5 Å². The highest BCUT2D eigenvalue weighted by Gasteiger charge is 2.21. The summed E-state index contributed by atoms with van der Waals surface area (Å²) in [7, 11) is 0. The molecule has 1 unspecified atom stereocenters. The summed E-state index contributed by atoms with van der Waals surface area (Å²) in [4.78, 5) is 22.1. The van der Waals surface area contributed by atoms with E-state index < -0.39 is 17.7 Å². The Labute approximate surface area is 92.9 Å². The van der Waals surface area contributed by atoms with Gasteiger partial charge in [0.2, 0.25) is 0 Å². The Morgan fingerprint density at radius 3 is 2.75 bits per heavy atom. The molecule has 0 aromatic carbocycles. The summed E-state index contributed by atoms with van der Waals surface area (Å²) in [5.74, 6) is 0. The van der Waals surface area contributed by atoms with Gasteiger partial charge in [0, 0.05) is 6.07 Å². The molecule has 0 saturated carbocycles. The lowest BCUT2D eigenvalue weighted by Crippen LogP contribution is -2.35. The summed E-state index contributed by atoms with van der Waals surface area (Å²) in [6, 6.07) is 0.643. The van der Waals surface area contributed by atoms with Gasteiger partial charge in [-0.15, -0.1) is 0 Å². The van der Waals surface area contributed by atoms with E-state index in [0.717, 1.165) is 0 Å². The van der Waals surface area contributed by atoms with Crippen molar-refractivity contribution in [2.24, 2.45) is 0 Å². The summed E-state index contributed by atoms with van der Waals surface area (Å²) in [5, 5.41) is 5.93. The molecule has 0 radical (unpaired) electrons. The van der Waals surface area contributed by atoms with E-state index in [2.05, 4.69) is 15.0 Å². The van der Waals surface area contributed by atoms with E-state index in [1.807, 2.05) is 0 Å². The number of hydrogen-bond acceptors (Lipinski definition) is 5. The Morgan fingerprint density at radius 2 is 2.31 bits per heavy atom. The average molecular weight is 226 g/mol. The van der Waals surface area contributed by atoms with Crippen LogP contribution in [-0.4, -0.2) is 23.1 Å². The second-order valence-electron chi connectivity index (χ2n) is 4.18. The van der Waals surface area contributed by atoms with Crippen LogP contribution in [0, 0.1) is 0 Å². The van der Waals surface area contributed by atoms with Crippen LogP contribution in [0.4, 0.5) is 4.79 Å². The predicted molar refractivity (Wildman–Crippen MR) is 54.7 cm³/mol. The molecule has 16 heavy (non-hydrogen) atoms. The molecule has 1 atom stereocenters. The molecule has 6 heteroatoms. The van der Waals surface area contributed by atoms with Crippen molar-refractivity contribution in [3.63, 3.8) is 0 Å². The van der Waals surface area contributed by atoms with Crippen LogP contribution < -0.4 is 5.32 Å². The minimum absolute atomic E-state index is 0.334. The maximum absolute atomic E-state index is 11.4. The van der Waals surface area contributed by atoms with Crippen molar-refractivity contribution >= 4 is 12.4 Å². The van der Waals surface area contributed by atoms with Gasteiger partial charge in [-0.2, -0.15) is 0 Å². The Bertz CT molecular complexity index is 353. The van der Waals surface area contributed by atoms with Crippen LogP contribution in [0.2, 0.25) is 0 Å². The van der Waals surface area contributed by atoms with Crippen LogP contribution in [0.5, 0.6) is 0 Å². The number of aromatic nitrogens is 1. The van der Waals surface area contributed by atoms with Crippen LogP contribution in [0.25, 0.3) is 0 Å². The fraction of sp³-hybridized carbons (Fsp3) is 0.500. The van der Waals surface area contributed by atoms with Gasteiger partial charge >= 0.3 is 6.09 Å². The van der Waals surface area contributed by atoms with Gasteiger partial charge in [0.15, 0.2) is 0 Å². The first-order chi connectivity index (χ1) is 7.42. The highest BCUT2D eigenvalue weighted by atomic mass is 16.6. The molecule has 0 fully saturated rings. The van der Waals surface area contributed by atoms with E-state index in [1.165, 1.54) is 12.3 Å². The van der Waals surface area contributed by atoms with Crippen molar-refractivity contribution in [2.75, 3.05) is 0 Å². The van der Waals surface area contributed by atoms with Crippen molar-refractivity contribution in [3.8, 4) is 0 Å². The van der Waals surface area contributed by atoms with Gasteiger partial charge in [0.25, 0.3) is 0 Å². The van der Waals surface area contributed by atoms with Crippen LogP contribution in [-0.2, 0) is 9.53 Å². The van der Waals surface area contributed by atoms with E-state index in [-0.39, 0.29) is 0 Å². The van der Waals surface area contributed by atoms with E-state index in [0.29, 0.717) is 12.0 Å². The van der Waals surface area contributed by atoms with Gasteiger partial charge in [-0.1, -0.05) is 5.16 Å². The first-order valence-corrected chi connectivity index (χ1v) is 4.77. The van der Waals surface area contributed by atoms with E-state index >= 15 is 0 Å². The zero-order chi connectivity index (χ0) is 12.2. The van der Waals surface area contributed by atoms with Gasteiger partial charge in [-0.25, -0.2) is 4.79 Å². The minimum Gasteiger partial charge on any atom is -0.444 e. The number of hydrogen-bond donors (Lipinski definition) is 1. The van der Waals surface area contributed by atoms with Crippen LogP contribution in [0.15, 0.2) is 16.9 Å². The molecule has 0 aliphatic carbocycles. The number of carbonyl (C=O) groups excluding carboxylic acids is 2. The Morgan fingerprint density at radius 1 is 1.62 bits per heavy atom. The summed E-state index contributed by atoms with van der Waals surface area (Å²) in [6.07, 6.45) is 1.21. The number of nitrogens with one attached hydrogen (secondary N) is 1. The van der Waals surface area contributed by atoms with Gasteiger partial charge < -0.3 is 19.4 Å². The zero-order valence-electron chi connectivity index (χ0n) is 9.39. The molecule has 0 aliphatic rings. The molecule has 0 spiro atoms. The number of alkyl carbamates (subject to hydrolysis) is 1. The standard InChI is InChI=1S/C10H14N2O4/c1-10(2,3)16-9(14)11-8(6-13)7-4-5-15-12-7/h4-6,8H,1-3H3,(H,11,14). The molecule has 0 aliphatic heterocycles. The molecule has 88 valence electrons. The van der Waals surface area contributed by atoms with Crippen LogP contribution >= 0.6 is 0 Å². The molecule has 6 nitrogen and oxygen atoms in total. The lowest BCUT2D eigenvalue weighted by Gasteiger charge is -2.20. The van der Waals surface area contributed by atoms with Crippen molar-refractivity contribution in [2.45, 2.75) is 32.4 Å². The molecular weight excluding hydrogens is 212 g/mol. The molecule has 0 saturated heterocycles. The average Bonchev–Trinajstić information content (AvgIpc) is 2.63. The number of ether oxygens (including phenoxy) is 1. The van der Waals surface area contributed by atoms with Gasteiger partial charge in [0.05, 0.1) is 0 Å². The fourth-order valence-electron chi connectivity index (χ4n) is 0.995. The Hall–Kier alpha value is -1.85. The SMILES string of the molecule is CC(C)(C)OC(=O)NC(C=O)c1ccon1. The third-order valence-corrected chi connectivity index (χ3v) is 1.58. The number of aldehydes is 1. The largest absolute Gasteiger partial charge is 0.444 e. The third-order valence-electron chi connectivity index (χ3n) is 1.58. The lowest BCUT2D eigenvalue weighted by atomic mass is 10.2. The first-order valence-electron chi connectivity index (χ1n) is 4.77. The molecule has 0 bridgehead atoms. The van der Waals surface area contributed by atoms with Crippen molar-refractivity contribution < 1.29 is 18.8 Å². The minimum atomic E-state index is -0.853. The summed E-state index contributed by atoms with van der Waals surface area (Å²) in [6.45, 7) is 5.20. The zero-order valence-corrected chi connectivity index (χ0v) is 9.39. The van der Waals surface area contributed by atoms with Gasteiger partial charge in [0.1, 0.15) is 29.9 Å². The first kappa shape index (κ1) is 12.2. The van der Waals surface area contributed by atoms with Crippen LogP contribution in [0.3, 0.4) is 0 Å². The highest BCUT2D eigenvalue weighted by molar-refractivity contribution is 5.74. The monoisotopic (exact) mass is 226 g/mol. The number of rotatable bonds is 3. The number of nitrogens with zero attached hydrogens (tertiary/aromatic N) is 1. The van der Waals surface area contributed by atoms with Gasteiger partial charge in [-0.3, -0.25) is 0 Å². The van der Waals surface area contributed by atoms with E-state index in [9.17, 15) is 9.59 Å².